The Hall–Kier alpha value is -2.87. The van der Waals surface area contributed by atoms with Crippen LogP contribution in [0.25, 0.3) is 0 Å². The van der Waals surface area contributed by atoms with Crippen LogP contribution in [0.2, 0.25) is 5.02 Å². The molecular weight excluding hydrogens is 426 g/mol. The second kappa shape index (κ2) is 9.09. The number of anilines is 3. The van der Waals surface area contributed by atoms with E-state index in [9.17, 15) is 18.4 Å². The van der Waals surface area contributed by atoms with Crippen molar-refractivity contribution in [2.75, 3.05) is 34.8 Å². The zero-order valence-electron chi connectivity index (χ0n) is 16.7. The maximum atomic E-state index is 13.5. The van der Waals surface area contributed by atoms with Gasteiger partial charge < -0.3 is 20.4 Å². The van der Waals surface area contributed by atoms with Crippen LogP contribution in [0.1, 0.15) is 12.8 Å². The van der Waals surface area contributed by atoms with Crippen molar-refractivity contribution in [2.45, 2.75) is 31.2 Å². The van der Waals surface area contributed by atoms with Crippen molar-refractivity contribution >= 4 is 40.6 Å². The van der Waals surface area contributed by atoms with Crippen molar-refractivity contribution in [3.05, 3.63) is 53.6 Å². The fourth-order valence-electron chi connectivity index (χ4n) is 3.90. The van der Waals surface area contributed by atoms with E-state index in [-0.39, 0.29) is 19.0 Å². The summed E-state index contributed by atoms with van der Waals surface area (Å²) in [5.41, 5.74) is 1.98. The maximum Gasteiger partial charge on any atom is 0.319 e. The average molecular weight is 449 g/mol. The minimum absolute atomic E-state index is 0.0257. The van der Waals surface area contributed by atoms with E-state index in [1.54, 1.807) is 58.3 Å². The number of carbonyl (C=O) groups is 2. The molecule has 164 valence electrons. The SMILES string of the molecule is O=C(Nc1ccc(Cl)cc1)N[C@@H]1CCCN(c2ccc(N3C[C@@H](F)[C@@H](F)C3)cc2)C1=O. The Labute approximate surface area is 184 Å². The molecular formula is C22H23ClF2N4O2. The van der Waals surface area contributed by atoms with Gasteiger partial charge in [-0.25, -0.2) is 13.6 Å². The predicted molar refractivity (Wildman–Crippen MR) is 117 cm³/mol. The summed E-state index contributed by atoms with van der Waals surface area (Å²) < 4.78 is 26.9. The number of halogens is 3. The van der Waals surface area contributed by atoms with Gasteiger partial charge in [-0.3, -0.25) is 4.79 Å². The third-order valence-electron chi connectivity index (χ3n) is 5.55. The second-order valence-corrected chi connectivity index (χ2v) is 8.18. The highest BCUT2D eigenvalue weighted by Gasteiger charge is 2.34. The van der Waals surface area contributed by atoms with Gasteiger partial charge >= 0.3 is 6.03 Å². The largest absolute Gasteiger partial charge is 0.365 e. The topological polar surface area (TPSA) is 64.7 Å². The first-order valence-electron chi connectivity index (χ1n) is 10.2. The zero-order valence-corrected chi connectivity index (χ0v) is 17.5. The van der Waals surface area contributed by atoms with E-state index in [4.69, 9.17) is 11.6 Å². The molecule has 31 heavy (non-hydrogen) atoms. The smallest absolute Gasteiger partial charge is 0.319 e. The Balaban J connectivity index is 1.38. The maximum absolute atomic E-state index is 13.5. The van der Waals surface area contributed by atoms with Crippen LogP contribution in [-0.4, -0.2) is 50.0 Å². The number of amides is 3. The Bertz CT molecular complexity index is 932. The van der Waals surface area contributed by atoms with E-state index in [0.29, 0.717) is 35.1 Å². The van der Waals surface area contributed by atoms with E-state index in [1.165, 1.54) is 0 Å². The van der Waals surface area contributed by atoms with Gasteiger partial charge in [0, 0.05) is 28.6 Å². The van der Waals surface area contributed by atoms with Gasteiger partial charge in [0.1, 0.15) is 6.04 Å². The highest BCUT2D eigenvalue weighted by molar-refractivity contribution is 6.30. The lowest BCUT2D eigenvalue weighted by Gasteiger charge is -2.33. The number of urea groups is 1. The van der Waals surface area contributed by atoms with Crippen molar-refractivity contribution in [3.8, 4) is 0 Å². The Morgan fingerprint density at radius 3 is 2.23 bits per heavy atom. The first-order valence-corrected chi connectivity index (χ1v) is 10.6. The molecule has 0 aromatic heterocycles. The van der Waals surface area contributed by atoms with Crippen molar-refractivity contribution in [1.82, 2.24) is 5.32 Å². The number of piperidine rings is 1. The molecule has 9 heteroatoms. The summed E-state index contributed by atoms with van der Waals surface area (Å²) in [7, 11) is 0. The molecule has 0 aliphatic carbocycles. The summed E-state index contributed by atoms with van der Waals surface area (Å²) >= 11 is 5.84. The molecule has 2 aromatic carbocycles. The quantitative estimate of drug-likeness (QED) is 0.738. The van der Waals surface area contributed by atoms with Gasteiger partial charge in [0.15, 0.2) is 12.3 Å². The molecule has 0 spiro atoms. The van der Waals surface area contributed by atoms with Crippen LogP contribution in [0.5, 0.6) is 0 Å². The van der Waals surface area contributed by atoms with Crippen molar-refractivity contribution in [3.63, 3.8) is 0 Å². The molecule has 3 atom stereocenters. The minimum atomic E-state index is -1.48. The summed E-state index contributed by atoms with van der Waals surface area (Å²) in [6.07, 6.45) is -1.67. The molecule has 2 aliphatic rings. The van der Waals surface area contributed by atoms with E-state index in [2.05, 4.69) is 10.6 Å². The van der Waals surface area contributed by atoms with Gasteiger partial charge in [-0.1, -0.05) is 11.6 Å². The van der Waals surface area contributed by atoms with Gasteiger partial charge in [0.25, 0.3) is 0 Å². The van der Waals surface area contributed by atoms with Crippen LogP contribution in [0.3, 0.4) is 0 Å². The Morgan fingerprint density at radius 2 is 1.58 bits per heavy atom. The fourth-order valence-corrected chi connectivity index (χ4v) is 4.03. The molecule has 2 N–H and O–H groups in total. The highest BCUT2D eigenvalue weighted by Crippen LogP contribution is 2.28. The molecule has 0 saturated carbocycles. The van der Waals surface area contributed by atoms with Crippen molar-refractivity contribution in [1.29, 1.82) is 0 Å². The molecule has 6 nitrogen and oxygen atoms in total. The fraction of sp³-hybridized carbons (Fsp3) is 0.364. The monoisotopic (exact) mass is 448 g/mol. The van der Waals surface area contributed by atoms with Crippen molar-refractivity contribution < 1.29 is 18.4 Å². The van der Waals surface area contributed by atoms with Crippen LogP contribution in [-0.2, 0) is 4.79 Å². The van der Waals surface area contributed by atoms with Crippen molar-refractivity contribution in [2.24, 2.45) is 0 Å². The van der Waals surface area contributed by atoms with Crippen LogP contribution < -0.4 is 20.4 Å². The van der Waals surface area contributed by atoms with E-state index < -0.39 is 24.4 Å². The number of rotatable bonds is 4. The number of nitrogens with zero attached hydrogens (tertiary/aromatic N) is 2. The van der Waals surface area contributed by atoms with E-state index in [1.807, 2.05) is 0 Å². The summed E-state index contributed by atoms with van der Waals surface area (Å²) in [6.45, 7) is 0.591. The number of benzene rings is 2. The molecule has 2 aromatic rings. The first kappa shape index (κ1) is 21.4. The standard InChI is InChI=1S/C22H23ClF2N4O2/c23-14-3-5-15(6-4-14)26-22(31)27-20-2-1-11-29(21(20)30)17-9-7-16(8-10-17)28-12-18(24)19(25)13-28/h3-10,18-20H,1-2,11-13H2,(H2,26,27,31)/t18-,19+,20-/m1/s1. The summed E-state index contributed by atoms with van der Waals surface area (Å²) in [5, 5.41) is 5.99. The third kappa shape index (κ3) is 4.90. The molecule has 0 radical (unpaired) electrons. The normalized spacial score (nSPS) is 23.7. The second-order valence-electron chi connectivity index (χ2n) is 7.74. The zero-order chi connectivity index (χ0) is 22.0. The van der Waals surface area contributed by atoms with Crippen LogP contribution in [0.4, 0.5) is 30.6 Å². The Morgan fingerprint density at radius 1 is 0.968 bits per heavy atom. The number of alkyl halides is 2. The van der Waals surface area contributed by atoms with Gasteiger partial charge in [-0.2, -0.15) is 0 Å². The number of nitrogens with one attached hydrogen (secondary N) is 2. The minimum Gasteiger partial charge on any atom is -0.365 e. The first-order chi connectivity index (χ1) is 14.9. The molecule has 2 heterocycles. The molecule has 4 rings (SSSR count). The average Bonchev–Trinajstić information content (AvgIpc) is 3.10. The van der Waals surface area contributed by atoms with Gasteiger partial charge in [0.2, 0.25) is 5.91 Å². The van der Waals surface area contributed by atoms with E-state index >= 15 is 0 Å². The highest BCUT2D eigenvalue weighted by atomic mass is 35.5. The molecule has 3 amide bonds. The molecule has 0 unspecified atom stereocenters. The molecule has 2 saturated heterocycles. The summed E-state index contributed by atoms with van der Waals surface area (Å²) in [5.74, 6) is -0.195. The molecule has 2 aliphatic heterocycles. The number of hydrogen-bond acceptors (Lipinski definition) is 3. The lowest BCUT2D eigenvalue weighted by atomic mass is 10.0. The predicted octanol–water partition coefficient (Wildman–Crippen LogP) is 4.15. The van der Waals surface area contributed by atoms with E-state index in [0.717, 1.165) is 6.42 Å². The van der Waals surface area contributed by atoms with Crippen LogP contribution in [0.15, 0.2) is 48.5 Å². The van der Waals surface area contributed by atoms with Crippen LogP contribution >= 0.6 is 11.6 Å². The number of carbonyl (C=O) groups excluding carboxylic acids is 2. The Kier molecular flexibility index (Phi) is 6.27. The van der Waals surface area contributed by atoms with Gasteiger partial charge in [0.05, 0.1) is 13.1 Å². The lowest BCUT2D eigenvalue weighted by molar-refractivity contribution is -0.121. The van der Waals surface area contributed by atoms with Crippen LogP contribution in [0, 0.1) is 0 Å². The molecule has 2 fully saturated rings. The third-order valence-corrected chi connectivity index (χ3v) is 5.81. The van der Waals surface area contributed by atoms with Gasteiger partial charge in [-0.15, -0.1) is 0 Å². The molecule has 0 bridgehead atoms. The summed E-state index contributed by atoms with van der Waals surface area (Å²) in [4.78, 5) is 28.5. The lowest BCUT2D eigenvalue weighted by Crippen LogP contribution is -2.53. The van der Waals surface area contributed by atoms with Gasteiger partial charge in [-0.05, 0) is 61.4 Å². The number of hydrogen-bond donors (Lipinski definition) is 2. The summed E-state index contributed by atoms with van der Waals surface area (Å²) in [6, 6.07) is 12.6.